The first kappa shape index (κ1) is 16.2. The van der Waals surface area contributed by atoms with Crippen molar-refractivity contribution in [2.75, 3.05) is 7.05 Å². The van der Waals surface area contributed by atoms with Crippen molar-refractivity contribution in [3.8, 4) is 0 Å². The maximum Gasteiger partial charge on any atom is 0.223 e. The Bertz CT molecular complexity index is 787. The molecule has 3 aromatic rings. The van der Waals surface area contributed by atoms with Gasteiger partial charge in [0, 0.05) is 26.4 Å². The summed E-state index contributed by atoms with van der Waals surface area (Å²) in [6.07, 6.45) is 2.13. The summed E-state index contributed by atoms with van der Waals surface area (Å²) in [5, 5.41) is 0. The van der Waals surface area contributed by atoms with Gasteiger partial charge in [-0.1, -0.05) is 43.3 Å². The molecule has 4 heteroatoms. The highest BCUT2D eigenvalue weighted by Gasteiger charge is 2.11. The van der Waals surface area contributed by atoms with Gasteiger partial charge in [0.1, 0.15) is 5.82 Å². The van der Waals surface area contributed by atoms with Crippen molar-refractivity contribution < 1.29 is 4.79 Å². The minimum absolute atomic E-state index is 0.134. The lowest BCUT2D eigenvalue weighted by Gasteiger charge is -2.17. The lowest BCUT2D eigenvalue weighted by molar-refractivity contribution is -0.130. The van der Waals surface area contributed by atoms with Gasteiger partial charge in [-0.3, -0.25) is 4.79 Å². The molecule has 1 N–H and O–H groups in total. The van der Waals surface area contributed by atoms with Gasteiger partial charge in [-0.2, -0.15) is 0 Å². The molecule has 0 saturated carbocycles. The third kappa shape index (κ3) is 3.82. The first-order valence-corrected chi connectivity index (χ1v) is 8.41. The van der Waals surface area contributed by atoms with Gasteiger partial charge in [-0.05, 0) is 29.7 Å². The Morgan fingerprint density at radius 2 is 1.79 bits per heavy atom. The van der Waals surface area contributed by atoms with Crippen molar-refractivity contribution in [3.63, 3.8) is 0 Å². The molecule has 0 radical (unpaired) electrons. The Kier molecular flexibility index (Phi) is 4.94. The monoisotopic (exact) mass is 321 g/mol. The number of aryl methyl sites for hydroxylation is 2. The van der Waals surface area contributed by atoms with Gasteiger partial charge in [0.15, 0.2) is 0 Å². The molecule has 1 amide bonds. The van der Waals surface area contributed by atoms with Gasteiger partial charge in [-0.15, -0.1) is 0 Å². The Morgan fingerprint density at radius 1 is 1.08 bits per heavy atom. The molecule has 0 saturated heterocycles. The van der Waals surface area contributed by atoms with E-state index in [1.807, 2.05) is 31.3 Å². The van der Waals surface area contributed by atoms with E-state index >= 15 is 0 Å². The van der Waals surface area contributed by atoms with Gasteiger partial charge >= 0.3 is 0 Å². The van der Waals surface area contributed by atoms with Crippen molar-refractivity contribution in [1.82, 2.24) is 14.9 Å². The highest BCUT2D eigenvalue weighted by molar-refractivity contribution is 5.77. The zero-order valence-corrected chi connectivity index (χ0v) is 14.2. The van der Waals surface area contributed by atoms with Gasteiger partial charge in [0.05, 0.1) is 11.0 Å². The molecule has 4 nitrogen and oxygen atoms in total. The third-order valence-corrected chi connectivity index (χ3v) is 4.29. The highest BCUT2D eigenvalue weighted by atomic mass is 16.2. The van der Waals surface area contributed by atoms with E-state index in [9.17, 15) is 4.79 Å². The number of carbonyl (C=O) groups excluding carboxylic acids is 1. The van der Waals surface area contributed by atoms with Crippen LogP contribution in [0.5, 0.6) is 0 Å². The van der Waals surface area contributed by atoms with Crippen molar-refractivity contribution in [2.45, 2.75) is 32.7 Å². The first-order chi connectivity index (χ1) is 11.7. The summed E-state index contributed by atoms with van der Waals surface area (Å²) in [5.41, 5.74) is 4.44. The number of para-hydroxylation sites is 2. The van der Waals surface area contributed by atoms with Gasteiger partial charge < -0.3 is 9.88 Å². The first-order valence-electron chi connectivity index (χ1n) is 8.41. The standard InChI is InChI=1S/C20H23N3O/c1-3-15-8-10-16(11-9-15)14-23(2)20(24)13-12-19-21-17-6-4-5-7-18(17)22-19/h4-11H,3,12-14H2,1-2H3,(H,21,22). The Hall–Kier alpha value is -2.62. The number of rotatable bonds is 6. The zero-order chi connectivity index (χ0) is 16.9. The molecule has 0 aliphatic rings. The predicted molar refractivity (Wildman–Crippen MR) is 96.7 cm³/mol. The van der Waals surface area contributed by atoms with Crippen LogP contribution in [-0.4, -0.2) is 27.8 Å². The van der Waals surface area contributed by atoms with Gasteiger partial charge in [0.25, 0.3) is 0 Å². The van der Waals surface area contributed by atoms with E-state index in [1.165, 1.54) is 5.56 Å². The van der Waals surface area contributed by atoms with Crippen LogP contribution in [0.25, 0.3) is 11.0 Å². The van der Waals surface area contributed by atoms with Crippen LogP contribution in [-0.2, 0) is 24.2 Å². The van der Waals surface area contributed by atoms with E-state index in [1.54, 1.807) is 4.90 Å². The molecule has 0 aliphatic carbocycles. The van der Waals surface area contributed by atoms with Gasteiger partial charge in [0.2, 0.25) is 5.91 Å². The molecule has 24 heavy (non-hydrogen) atoms. The molecule has 1 heterocycles. The molecule has 0 bridgehead atoms. The van der Waals surface area contributed by atoms with E-state index in [2.05, 4.69) is 41.2 Å². The van der Waals surface area contributed by atoms with Crippen LogP contribution in [0.2, 0.25) is 0 Å². The normalized spacial score (nSPS) is 10.9. The minimum atomic E-state index is 0.134. The van der Waals surface area contributed by atoms with Crippen molar-refractivity contribution >= 4 is 16.9 Å². The number of carbonyl (C=O) groups is 1. The number of imidazole rings is 1. The van der Waals surface area contributed by atoms with E-state index in [0.29, 0.717) is 19.4 Å². The number of benzene rings is 2. The summed E-state index contributed by atoms with van der Waals surface area (Å²) in [5.74, 6) is 1.00. The molecule has 3 rings (SSSR count). The highest BCUT2D eigenvalue weighted by Crippen LogP contribution is 2.12. The molecule has 0 fully saturated rings. The van der Waals surface area contributed by atoms with E-state index in [-0.39, 0.29) is 5.91 Å². The summed E-state index contributed by atoms with van der Waals surface area (Å²) >= 11 is 0. The number of nitrogens with zero attached hydrogens (tertiary/aromatic N) is 2. The number of nitrogens with one attached hydrogen (secondary N) is 1. The Morgan fingerprint density at radius 3 is 2.50 bits per heavy atom. The number of H-pyrrole nitrogens is 1. The zero-order valence-electron chi connectivity index (χ0n) is 14.2. The molecular formula is C20H23N3O. The Labute approximate surface area is 142 Å². The number of aromatic nitrogens is 2. The summed E-state index contributed by atoms with van der Waals surface area (Å²) < 4.78 is 0. The quantitative estimate of drug-likeness (QED) is 0.752. The van der Waals surface area contributed by atoms with Crippen LogP contribution < -0.4 is 0 Å². The lowest BCUT2D eigenvalue weighted by Crippen LogP contribution is -2.26. The van der Waals surface area contributed by atoms with Crippen LogP contribution in [0.3, 0.4) is 0 Å². The smallest absolute Gasteiger partial charge is 0.223 e. The van der Waals surface area contributed by atoms with Crippen LogP contribution in [0.15, 0.2) is 48.5 Å². The fourth-order valence-corrected chi connectivity index (χ4v) is 2.78. The lowest BCUT2D eigenvalue weighted by atomic mass is 10.1. The summed E-state index contributed by atoms with van der Waals surface area (Å²) in [4.78, 5) is 21.9. The fourth-order valence-electron chi connectivity index (χ4n) is 2.78. The molecule has 1 aromatic heterocycles. The molecular weight excluding hydrogens is 298 g/mol. The number of hydrogen-bond donors (Lipinski definition) is 1. The van der Waals surface area contributed by atoms with Crippen LogP contribution in [0.4, 0.5) is 0 Å². The molecule has 0 unspecified atom stereocenters. The fraction of sp³-hybridized carbons (Fsp3) is 0.300. The third-order valence-electron chi connectivity index (χ3n) is 4.29. The molecule has 0 aliphatic heterocycles. The Balaban J connectivity index is 1.55. The molecule has 2 aromatic carbocycles. The van der Waals surface area contributed by atoms with Crippen LogP contribution in [0.1, 0.15) is 30.3 Å². The predicted octanol–water partition coefficient (Wildman–Crippen LogP) is 3.72. The number of aromatic amines is 1. The van der Waals surface area contributed by atoms with Crippen LogP contribution >= 0.6 is 0 Å². The maximum atomic E-state index is 12.3. The molecule has 0 spiro atoms. The number of amides is 1. The molecule has 0 atom stereocenters. The summed E-state index contributed by atoms with van der Waals surface area (Å²) in [7, 11) is 1.86. The van der Waals surface area contributed by atoms with E-state index < -0.39 is 0 Å². The maximum absolute atomic E-state index is 12.3. The second kappa shape index (κ2) is 7.30. The van der Waals surface area contributed by atoms with E-state index in [4.69, 9.17) is 0 Å². The average molecular weight is 321 g/mol. The SMILES string of the molecule is CCc1ccc(CN(C)C(=O)CCc2nc3ccccc3[nH]2)cc1. The van der Waals surface area contributed by atoms with Crippen LogP contribution in [0, 0.1) is 0 Å². The minimum Gasteiger partial charge on any atom is -0.342 e. The van der Waals surface area contributed by atoms with E-state index in [0.717, 1.165) is 28.8 Å². The number of hydrogen-bond acceptors (Lipinski definition) is 2. The largest absolute Gasteiger partial charge is 0.342 e. The second-order valence-corrected chi connectivity index (χ2v) is 6.12. The molecule has 124 valence electrons. The number of fused-ring (bicyclic) bond motifs is 1. The second-order valence-electron chi connectivity index (χ2n) is 6.12. The van der Waals surface area contributed by atoms with Crippen molar-refractivity contribution in [2.24, 2.45) is 0 Å². The summed E-state index contributed by atoms with van der Waals surface area (Å²) in [6, 6.07) is 16.4. The average Bonchev–Trinajstić information content (AvgIpc) is 3.03. The van der Waals surface area contributed by atoms with Crippen molar-refractivity contribution in [1.29, 1.82) is 0 Å². The van der Waals surface area contributed by atoms with Crippen molar-refractivity contribution in [3.05, 3.63) is 65.5 Å². The summed E-state index contributed by atoms with van der Waals surface area (Å²) in [6.45, 7) is 2.78. The topological polar surface area (TPSA) is 49.0 Å². The van der Waals surface area contributed by atoms with Gasteiger partial charge in [-0.25, -0.2) is 4.98 Å².